The third-order valence-electron chi connectivity index (χ3n) is 2.09. The number of nitrogens with one attached hydrogen (secondary N) is 1. The van der Waals surface area contributed by atoms with E-state index in [0.717, 1.165) is 10.0 Å². The Hall–Kier alpha value is -0.350. The molecule has 4 heteroatoms. The van der Waals surface area contributed by atoms with Gasteiger partial charge in [0.15, 0.2) is 0 Å². The van der Waals surface area contributed by atoms with Gasteiger partial charge in [-0.25, -0.2) is 0 Å². The summed E-state index contributed by atoms with van der Waals surface area (Å²) in [6.07, 6.45) is 0. The molecule has 0 bridgehead atoms. The first kappa shape index (κ1) is 12.7. The monoisotopic (exact) mass is 333 g/mol. The highest BCUT2D eigenvalue weighted by Gasteiger charge is 2.14. The fourth-order valence-corrected chi connectivity index (χ4v) is 1.99. The van der Waals surface area contributed by atoms with Crippen LogP contribution < -0.4 is 5.32 Å². The standard InChI is InChI=1S/C11H13Br2NO/c1-7(12)11(15)14-8(2)9-5-3-4-6-10(9)13/h3-8H,1-2H3,(H,14,15). The van der Waals surface area contributed by atoms with Gasteiger partial charge in [0.05, 0.1) is 10.9 Å². The highest BCUT2D eigenvalue weighted by molar-refractivity contribution is 9.10. The van der Waals surface area contributed by atoms with Crippen molar-refractivity contribution in [2.24, 2.45) is 0 Å². The van der Waals surface area contributed by atoms with Gasteiger partial charge < -0.3 is 5.32 Å². The van der Waals surface area contributed by atoms with Crippen LogP contribution >= 0.6 is 31.9 Å². The molecule has 0 saturated heterocycles. The second-order valence-electron chi connectivity index (χ2n) is 3.37. The first-order valence-electron chi connectivity index (χ1n) is 4.71. The van der Waals surface area contributed by atoms with Gasteiger partial charge in [0, 0.05) is 4.47 Å². The van der Waals surface area contributed by atoms with Crippen LogP contribution in [0.2, 0.25) is 0 Å². The molecule has 1 aromatic carbocycles. The van der Waals surface area contributed by atoms with Gasteiger partial charge in [-0.15, -0.1) is 0 Å². The van der Waals surface area contributed by atoms with E-state index in [1.165, 1.54) is 0 Å². The summed E-state index contributed by atoms with van der Waals surface area (Å²) in [5, 5.41) is 2.92. The fourth-order valence-electron chi connectivity index (χ4n) is 1.23. The van der Waals surface area contributed by atoms with Gasteiger partial charge in [0.1, 0.15) is 0 Å². The average molecular weight is 335 g/mol. The Bertz CT molecular complexity index is 352. The van der Waals surface area contributed by atoms with Crippen molar-refractivity contribution in [2.45, 2.75) is 24.7 Å². The first-order chi connectivity index (χ1) is 7.02. The maximum absolute atomic E-state index is 11.5. The number of halogens is 2. The van der Waals surface area contributed by atoms with E-state index in [2.05, 4.69) is 37.2 Å². The molecular formula is C11H13Br2NO. The second kappa shape index (κ2) is 5.66. The van der Waals surface area contributed by atoms with Crippen molar-refractivity contribution in [1.29, 1.82) is 0 Å². The molecule has 1 aromatic rings. The largest absolute Gasteiger partial charge is 0.349 e. The molecule has 0 saturated carbocycles. The number of amides is 1. The molecule has 2 nitrogen and oxygen atoms in total. The highest BCUT2D eigenvalue weighted by atomic mass is 79.9. The number of carbonyl (C=O) groups is 1. The van der Waals surface area contributed by atoms with Crippen molar-refractivity contribution in [3.63, 3.8) is 0 Å². The van der Waals surface area contributed by atoms with Crippen molar-refractivity contribution < 1.29 is 4.79 Å². The average Bonchev–Trinajstić information content (AvgIpc) is 2.18. The molecule has 0 aliphatic rings. The van der Waals surface area contributed by atoms with E-state index in [0.29, 0.717) is 0 Å². The highest BCUT2D eigenvalue weighted by Crippen LogP contribution is 2.22. The second-order valence-corrected chi connectivity index (χ2v) is 5.60. The first-order valence-corrected chi connectivity index (χ1v) is 6.42. The van der Waals surface area contributed by atoms with Crippen LogP contribution in [0.4, 0.5) is 0 Å². The Morgan fingerprint density at radius 3 is 2.47 bits per heavy atom. The van der Waals surface area contributed by atoms with E-state index in [-0.39, 0.29) is 16.8 Å². The Morgan fingerprint density at radius 2 is 1.93 bits per heavy atom. The van der Waals surface area contributed by atoms with Gasteiger partial charge in [0.2, 0.25) is 5.91 Å². The number of carbonyl (C=O) groups excluding carboxylic acids is 1. The number of hydrogen-bond donors (Lipinski definition) is 1. The van der Waals surface area contributed by atoms with E-state index in [9.17, 15) is 4.79 Å². The Morgan fingerprint density at radius 1 is 1.33 bits per heavy atom. The number of hydrogen-bond acceptors (Lipinski definition) is 1. The van der Waals surface area contributed by atoms with E-state index < -0.39 is 0 Å². The zero-order valence-electron chi connectivity index (χ0n) is 8.63. The number of alkyl halides is 1. The summed E-state index contributed by atoms with van der Waals surface area (Å²) in [6, 6.07) is 7.88. The number of rotatable bonds is 3. The van der Waals surface area contributed by atoms with Crippen molar-refractivity contribution in [3.05, 3.63) is 34.3 Å². The summed E-state index contributed by atoms with van der Waals surface area (Å²) in [5.74, 6) is -0.00162. The molecule has 2 atom stereocenters. The van der Waals surface area contributed by atoms with Crippen LogP contribution in [0.3, 0.4) is 0 Å². The summed E-state index contributed by atoms with van der Waals surface area (Å²) in [7, 11) is 0. The van der Waals surface area contributed by atoms with Crippen molar-refractivity contribution >= 4 is 37.8 Å². The molecule has 1 rings (SSSR count). The maximum atomic E-state index is 11.5. The smallest absolute Gasteiger partial charge is 0.233 e. The molecule has 0 aliphatic heterocycles. The van der Waals surface area contributed by atoms with Crippen LogP contribution in [0.1, 0.15) is 25.5 Å². The minimum absolute atomic E-state index is 0.00162. The lowest BCUT2D eigenvalue weighted by atomic mass is 10.1. The summed E-state index contributed by atoms with van der Waals surface area (Å²) >= 11 is 6.70. The Balaban J connectivity index is 2.73. The molecule has 0 aromatic heterocycles. The normalized spacial score (nSPS) is 14.4. The summed E-state index contributed by atoms with van der Waals surface area (Å²) in [4.78, 5) is 11.3. The minimum Gasteiger partial charge on any atom is -0.349 e. The van der Waals surface area contributed by atoms with Crippen LogP contribution in [0.5, 0.6) is 0 Å². The maximum Gasteiger partial charge on any atom is 0.233 e. The Labute approximate surface area is 107 Å². The van der Waals surface area contributed by atoms with Crippen LogP contribution in [-0.4, -0.2) is 10.7 Å². The zero-order valence-corrected chi connectivity index (χ0v) is 11.8. The van der Waals surface area contributed by atoms with Gasteiger partial charge >= 0.3 is 0 Å². The topological polar surface area (TPSA) is 29.1 Å². The predicted molar refractivity (Wildman–Crippen MR) is 69.1 cm³/mol. The molecule has 0 fully saturated rings. The molecule has 0 heterocycles. The van der Waals surface area contributed by atoms with Crippen LogP contribution in [-0.2, 0) is 4.79 Å². The third-order valence-corrected chi connectivity index (χ3v) is 3.23. The van der Waals surface area contributed by atoms with Gasteiger partial charge in [-0.2, -0.15) is 0 Å². The molecule has 0 aliphatic carbocycles. The van der Waals surface area contributed by atoms with Gasteiger partial charge in [0.25, 0.3) is 0 Å². The zero-order chi connectivity index (χ0) is 11.4. The van der Waals surface area contributed by atoms with E-state index in [1.54, 1.807) is 0 Å². The van der Waals surface area contributed by atoms with E-state index in [1.807, 2.05) is 38.1 Å². The van der Waals surface area contributed by atoms with E-state index >= 15 is 0 Å². The fraction of sp³-hybridized carbons (Fsp3) is 0.364. The molecule has 0 spiro atoms. The quantitative estimate of drug-likeness (QED) is 0.843. The molecule has 0 radical (unpaired) electrons. The molecule has 15 heavy (non-hydrogen) atoms. The van der Waals surface area contributed by atoms with Crippen LogP contribution in [0.15, 0.2) is 28.7 Å². The Kier molecular flexibility index (Phi) is 4.80. The molecular weight excluding hydrogens is 322 g/mol. The van der Waals surface area contributed by atoms with Crippen LogP contribution in [0.25, 0.3) is 0 Å². The van der Waals surface area contributed by atoms with E-state index in [4.69, 9.17) is 0 Å². The lowest BCUT2D eigenvalue weighted by Gasteiger charge is -2.16. The minimum atomic E-state index is -0.164. The van der Waals surface area contributed by atoms with Gasteiger partial charge in [-0.1, -0.05) is 50.1 Å². The van der Waals surface area contributed by atoms with Gasteiger partial charge in [-0.3, -0.25) is 4.79 Å². The van der Waals surface area contributed by atoms with Crippen molar-refractivity contribution in [3.8, 4) is 0 Å². The molecule has 1 amide bonds. The predicted octanol–water partition coefficient (Wildman–Crippen LogP) is 3.41. The van der Waals surface area contributed by atoms with Gasteiger partial charge in [-0.05, 0) is 25.5 Å². The summed E-state index contributed by atoms with van der Waals surface area (Å²) < 4.78 is 1.01. The van der Waals surface area contributed by atoms with Crippen LogP contribution in [0, 0.1) is 0 Å². The van der Waals surface area contributed by atoms with Crippen molar-refractivity contribution in [1.82, 2.24) is 5.32 Å². The lowest BCUT2D eigenvalue weighted by molar-refractivity contribution is -0.120. The van der Waals surface area contributed by atoms with Crippen molar-refractivity contribution in [2.75, 3.05) is 0 Å². The molecule has 1 N–H and O–H groups in total. The summed E-state index contributed by atoms with van der Waals surface area (Å²) in [6.45, 7) is 3.77. The SMILES string of the molecule is CC(Br)C(=O)NC(C)c1ccccc1Br. The summed E-state index contributed by atoms with van der Waals surface area (Å²) in [5.41, 5.74) is 1.08. The molecule has 82 valence electrons. The number of benzene rings is 1. The lowest BCUT2D eigenvalue weighted by Crippen LogP contribution is -2.31. The molecule has 2 unspecified atom stereocenters. The third kappa shape index (κ3) is 3.61.